The van der Waals surface area contributed by atoms with E-state index in [0.29, 0.717) is 18.8 Å². The first-order chi connectivity index (χ1) is 15.0. The predicted molar refractivity (Wildman–Crippen MR) is 120 cm³/mol. The number of fused-ring (bicyclic) bond motifs is 1. The molecule has 2 atom stereocenters. The van der Waals surface area contributed by atoms with Crippen molar-refractivity contribution in [1.29, 1.82) is 0 Å². The summed E-state index contributed by atoms with van der Waals surface area (Å²) in [6.45, 7) is 6.69. The lowest BCUT2D eigenvalue weighted by Gasteiger charge is -2.28. The van der Waals surface area contributed by atoms with Gasteiger partial charge >= 0.3 is 0 Å². The zero-order valence-electron chi connectivity index (χ0n) is 18.8. The molecule has 6 heteroatoms. The third kappa shape index (κ3) is 4.64. The Morgan fingerprint density at radius 2 is 1.84 bits per heavy atom. The molecule has 0 saturated carbocycles. The minimum Gasteiger partial charge on any atom is -0.497 e. The number of methoxy groups -OCH3 is 1. The van der Waals surface area contributed by atoms with Gasteiger partial charge in [-0.15, -0.1) is 0 Å². The van der Waals surface area contributed by atoms with Crippen molar-refractivity contribution in [2.45, 2.75) is 32.2 Å². The van der Waals surface area contributed by atoms with E-state index in [2.05, 4.69) is 29.2 Å². The molecular weight excluding hydrogens is 392 g/mol. The van der Waals surface area contributed by atoms with Crippen molar-refractivity contribution < 1.29 is 19.0 Å². The first-order valence-electron chi connectivity index (χ1n) is 11.0. The Morgan fingerprint density at radius 3 is 2.55 bits per heavy atom. The van der Waals surface area contributed by atoms with Crippen LogP contribution in [-0.2, 0) is 4.79 Å². The highest BCUT2D eigenvalue weighted by molar-refractivity contribution is 5.77. The third-order valence-corrected chi connectivity index (χ3v) is 6.36. The SMILES string of the molecule is COc1ccc(C2CC(c3ccc4c(c3)OCO4)CN2CCN(C)C(=O)C(C)C)cc1. The van der Waals surface area contributed by atoms with Crippen LogP contribution >= 0.6 is 0 Å². The lowest BCUT2D eigenvalue weighted by molar-refractivity contribution is -0.133. The van der Waals surface area contributed by atoms with Gasteiger partial charge in [0.25, 0.3) is 0 Å². The van der Waals surface area contributed by atoms with Crippen molar-refractivity contribution in [1.82, 2.24) is 9.80 Å². The van der Waals surface area contributed by atoms with Crippen LogP contribution in [0.3, 0.4) is 0 Å². The number of hydrogen-bond acceptors (Lipinski definition) is 5. The second-order valence-electron chi connectivity index (χ2n) is 8.74. The summed E-state index contributed by atoms with van der Waals surface area (Å²) >= 11 is 0. The van der Waals surface area contributed by atoms with Gasteiger partial charge in [-0.3, -0.25) is 9.69 Å². The molecule has 0 aliphatic carbocycles. The Kier molecular flexibility index (Phi) is 6.37. The van der Waals surface area contributed by atoms with Crippen LogP contribution in [0.4, 0.5) is 0 Å². The van der Waals surface area contributed by atoms with E-state index in [0.717, 1.165) is 43.3 Å². The zero-order chi connectivity index (χ0) is 22.0. The number of carbonyl (C=O) groups is 1. The largest absolute Gasteiger partial charge is 0.497 e. The van der Waals surface area contributed by atoms with Gasteiger partial charge in [-0.2, -0.15) is 0 Å². The average Bonchev–Trinajstić information content (AvgIpc) is 3.43. The Labute approximate surface area is 184 Å². The number of amides is 1. The van der Waals surface area contributed by atoms with Crippen LogP contribution in [0.1, 0.15) is 43.4 Å². The molecule has 2 aromatic carbocycles. The summed E-state index contributed by atoms with van der Waals surface area (Å²) in [6.07, 6.45) is 1.02. The smallest absolute Gasteiger partial charge is 0.231 e. The van der Waals surface area contributed by atoms with Crippen LogP contribution in [0, 0.1) is 5.92 Å². The summed E-state index contributed by atoms with van der Waals surface area (Å²) in [4.78, 5) is 16.7. The van der Waals surface area contributed by atoms with Gasteiger partial charge in [0.15, 0.2) is 11.5 Å². The Bertz CT molecular complexity index is 912. The fraction of sp³-hybridized carbons (Fsp3) is 0.480. The summed E-state index contributed by atoms with van der Waals surface area (Å²) < 4.78 is 16.4. The number of likely N-dealkylation sites (N-methyl/N-ethyl adjacent to an activating group) is 1. The number of benzene rings is 2. The molecule has 2 aromatic rings. The molecule has 0 aromatic heterocycles. The van der Waals surface area contributed by atoms with Gasteiger partial charge < -0.3 is 19.1 Å². The summed E-state index contributed by atoms with van der Waals surface area (Å²) in [7, 11) is 3.59. The predicted octanol–water partition coefficient (Wildman–Crippen LogP) is 4.07. The van der Waals surface area contributed by atoms with E-state index in [9.17, 15) is 4.79 Å². The van der Waals surface area contributed by atoms with Crippen molar-refractivity contribution >= 4 is 5.91 Å². The molecule has 1 fully saturated rings. The monoisotopic (exact) mass is 424 g/mol. The van der Waals surface area contributed by atoms with Crippen molar-refractivity contribution in [3.8, 4) is 17.2 Å². The van der Waals surface area contributed by atoms with Crippen LogP contribution in [-0.4, -0.2) is 56.3 Å². The Hall–Kier alpha value is -2.73. The van der Waals surface area contributed by atoms with Crippen molar-refractivity contribution in [3.63, 3.8) is 0 Å². The van der Waals surface area contributed by atoms with E-state index in [4.69, 9.17) is 14.2 Å². The topological polar surface area (TPSA) is 51.2 Å². The lowest BCUT2D eigenvalue weighted by Crippen LogP contribution is -2.38. The van der Waals surface area contributed by atoms with Crippen LogP contribution < -0.4 is 14.2 Å². The van der Waals surface area contributed by atoms with Gasteiger partial charge in [-0.25, -0.2) is 0 Å². The Balaban J connectivity index is 1.53. The standard InChI is InChI=1S/C25H32N2O4/c1-17(2)25(28)26(3)11-12-27-15-20(19-7-10-23-24(14-19)31-16-30-23)13-22(27)18-5-8-21(29-4)9-6-18/h5-10,14,17,20,22H,11-13,15-16H2,1-4H3. The number of carbonyl (C=O) groups excluding carboxylic acids is 1. The minimum absolute atomic E-state index is 0.0161. The first-order valence-corrected chi connectivity index (χ1v) is 11.0. The van der Waals surface area contributed by atoms with E-state index in [1.54, 1.807) is 7.11 Å². The molecule has 0 bridgehead atoms. The second kappa shape index (κ2) is 9.18. The van der Waals surface area contributed by atoms with Gasteiger partial charge in [0.05, 0.1) is 7.11 Å². The molecule has 1 amide bonds. The maximum absolute atomic E-state index is 12.3. The normalized spacial score (nSPS) is 20.3. The summed E-state index contributed by atoms with van der Waals surface area (Å²) in [5.41, 5.74) is 2.55. The minimum atomic E-state index is 0.0161. The van der Waals surface area contributed by atoms with E-state index in [1.165, 1.54) is 11.1 Å². The molecule has 4 rings (SSSR count). The number of likely N-dealkylation sites (tertiary alicyclic amines) is 1. The van der Waals surface area contributed by atoms with Crippen molar-refractivity contribution in [2.24, 2.45) is 5.92 Å². The fourth-order valence-corrected chi connectivity index (χ4v) is 4.56. The highest BCUT2D eigenvalue weighted by atomic mass is 16.7. The number of hydrogen-bond donors (Lipinski definition) is 0. The van der Waals surface area contributed by atoms with Gasteiger partial charge in [-0.1, -0.05) is 32.0 Å². The van der Waals surface area contributed by atoms with Gasteiger partial charge in [0.1, 0.15) is 5.75 Å². The molecule has 6 nitrogen and oxygen atoms in total. The van der Waals surface area contributed by atoms with Crippen LogP contribution in [0.25, 0.3) is 0 Å². The van der Waals surface area contributed by atoms with E-state index in [-0.39, 0.29) is 11.8 Å². The quantitative estimate of drug-likeness (QED) is 0.671. The van der Waals surface area contributed by atoms with Crippen LogP contribution in [0.2, 0.25) is 0 Å². The number of rotatable bonds is 7. The van der Waals surface area contributed by atoms with Crippen LogP contribution in [0.5, 0.6) is 17.2 Å². The molecule has 0 spiro atoms. The third-order valence-electron chi connectivity index (χ3n) is 6.36. The molecule has 0 N–H and O–H groups in total. The number of nitrogens with zero attached hydrogens (tertiary/aromatic N) is 2. The molecule has 2 aliphatic heterocycles. The second-order valence-corrected chi connectivity index (χ2v) is 8.74. The lowest BCUT2D eigenvalue weighted by atomic mass is 9.93. The molecule has 2 unspecified atom stereocenters. The van der Waals surface area contributed by atoms with E-state index >= 15 is 0 Å². The molecule has 0 radical (unpaired) electrons. The Morgan fingerprint density at radius 1 is 1.13 bits per heavy atom. The van der Waals surface area contributed by atoms with Crippen molar-refractivity contribution in [2.75, 3.05) is 40.6 Å². The average molecular weight is 425 g/mol. The summed E-state index contributed by atoms with van der Waals surface area (Å²) in [5.74, 6) is 3.11. The molecule has 31 heavy (non-hydrogen) atoms. The summed E-state index contributed by atoms with van der Waals surface area (Å²) in [6, 6.07) is 14.9. The molecule has 2 aliphatic rings. The van der Waals surface area contributed by atoms with Crippen LogP contribution in [0.15, 0.2) is 42.5 Å². The molecular formula is C25H32N2O4. The van der Waals surface area contributed by atoms with E-state index < -0.39 is 0 Å². The first kappa shape index (κ1) is 21.5. The van der Waals surface area contributed by atoms with Gasteiger partial charge in [-0.05, 0) is 47.7 Å². The van der Waals surface area contributed by atoms with Crippen molar-refractivity contribution in [3.05, 3.63) is 53.6 Å². The zero-order valence-corrected chi connectivity index (χ0v) is 18.8. The maximum atomic E-state index is 12.3. The maximum Gasteiger partial charge on any atom is 0.231 e. The fourth-order valence-electron chi connectivity index (χ4n) is 4.56. The summed E-state index contributed by atoms with van der Waals surface area (Å²) in [5, 5.41) is 0. The molecule has 166 valence electrons. The molecule has 1 saturated heterocycles. The number of ether oxygens (including phenoxy) is 3. The highest BCUT2D eigenvalue weighted by Gasteiger charge is 2.34. The van der Waals surface area contributed by atoms with Gasteiger partial charge in [0, 0.05) is 38.6 Å². The van der Waals surface area contributed by atoms with Gasteiger partial charge in [0.2, 0.25) is 12.7 Å². The van der Waals surface area contributed by atoms with E-state index in [1.807, 2.05) is 44.0 Å². The highest BCUT2D eigenvalue weighted by Crippen LogP contribution is 2.43. The molecule has 2 heterocycles.